The van der Waals surface area contributed by atoms with Gasteiger partial charge in [0.25, 0.3) is 0 Å². The van der Waals surface area contributed by atoms with Crippen LogP contribution < -0.4 is 14.7 Å². The first kappa shape index (κ1) is 87.2. The number of benzene rings is 22. The zero-order chi connectivity index (χ0) is 94.2. The zero-order valence-corrected chi connectivity index (χ0v) is 80.4. The molecule has 22 aromatic rings. The molecule has 0 spiro atoms. The molecule has 0 aliphatic heterocycles. The molecular formula is C133H98Cl3N3. The number of fused-ring (bicyclic) bond motifs is 13. The highest BCUT2D eigenvalue weighted by Crippen LogP contribution is 2.57. The highest BCUT2D eigenvalue weighted by molar-refractivity contribution is 6.32. The number of hydrogen-bond donors (Lipinski definition) is 0. The van der Waals surface area contributed by atoms with Crippen LogP contribution in [0.15, 0.2) is 485 Å². The van der Waals surface area contributed by atoms with Crippen LogP contribution in [0.25, 0.3) is 143 Å². The predicted octanol–water partition coefficient (Wildman–Crippen LogP) is 39.0. The summed E-state index contributed by atoms with van der Waals surface area (Å²) in [6.07, 6.45) is 0. The Hall–Kier alpha value is -15.9. The number of halogens is 3. The van der Waals surface area contributed by atoms with Crippen molar-refractivity contribution in [1.82, 2.24) is 0 Å². The molecule has 0 aromatic heterocycles. The van der Waals surface area contributed by atoms with Gasteiger partial charge in [-0.3, -0.25) is 0 Å². The second-order valence-corrected chi connectivity index (χ2v) is 39.7. The second kappa shape index (κ2) is 36.0. The summed E-state index contributed by atoms with van der Waals surface area (Å²) in [5, 5.41) is 12.2. The molecule has 3 aliphatic rings. The quantitative estimate of drug-likeness (QED) is 0.101. The van der Waals surface area contributed by atoms with Gasteiger partial charge in [0.1, 0.15) is 0 Å². The second-order valence-electron chi connectivity index (χ2n) is 38.4. The van der Waals surface area contributed by atoms with Gasteiger partial charge in [-0.15, -0.1) is 0 Å². The van der Waals surface area contributed by atoms with Crippen LogP contribution in [0.2, 0.25) is 15.1 Å². The Morgan fingerprint density at radius 3 is 0.770 bits per heavy atom. The lowest BCUT2D eigenvalue weighted by Crippen LogP contribution is -2.15. The zero-order valence-electron chi connectivity index (χ0n) is 78.2. The van der Waals surface area contributed by atoms with E-state index in [1.54, 1.807) is 0 Å². The molecule has 0 amide bonds. The molecule has 0 fully saturated rings. The third-order valence-corrected chi connectivity index (χ3v) is 29.4. The average molecular weight is 1840 g/mol. The fraction of sp³-hybridized carbons (Fsp3) is 0.0677. The predicted molar refractivity (Wildman–Crippen MR) is 594 cm³/mol. The summed E-state index contributed by atoms with van der Waals surface area (Å²) in [6.45, 7) is 14.1. The fourth-order valence-electron chi connectivity index (χ4n) is 21.7. The molecule has 0 saturated heterocycles. The van der Waals surface area contributed by atoms with Gasteiger partial charge in [0.2, 0.25) is 0 Å². The van der Waals surface area contributed by atoms with Crippen molar-refractivity contribution in [2.24, 2.45) is 0 Å². The number of para-hydroxylation sites is 3. The van der Waals surface area contributed by atoms with E-state index in [1.807, 2.05) is 0 Å². The summed E-state index contributed by atoms with van der Waals surface area (Å²) in [7, 11) is 0. The summed E-state index contributed by atoms with van der Waals surface area (Å²) in [5.74, 6) is 0. The molecule has 0 unspecified atom stereocenters. The van der Waals surface area contributed by atoms with Crippen LogP contribution in [0.3, 0.4) is 0 Å². The van der Waals surface area contributed by atoms with Crippen molar-refractivity contribution < 1.29 is 0 Å². The van der Waals surface area contributed by atoms with Crippen molar-refractivity contribution >= 4 is 129 Å². The van der Waals surface area contributed by atoms with E-state index in [1.165, 1.54) is 138 Å². The summed E-state index contributed by atoms with van der Waals surface area (Å²) in [5.41, 5.74) is 39.1. The summed E-state index contributed by atoms with van der Waals surface area (Å²) in [6, 6.07) is 174. The van der Waals surface area contributed by atoms with Crippen molar-refractivity contribution in [1.29, 1.82) is 0 Å². The van der Waals surface area contributed by atoms with Crippen LogP contribution in [0.4, 0.5) is 51.2 Å². The molecule has 666 valence electrons. The molecule has 0 heterocycles. The number of nitrogens with zero attached hydrogens (tertiary/aromatic N) is 3. The van der Waals surface area contributed by atoms with Gasteiger partial charge in [0.05, 0.1) is 5.69 Å². The minimum Gasteiger partial charge on any atom is -0.310 e. The maximum atomic E-state index is 7.05. The van der Waals surface area contributed by atoms with Crippen LogP contribution in [-0.4, -0.2) is 0 Å². The number of anilines is 9. The normalized spacial score (nSPS) is 13.0. The minimum absolute atomic E-state index is 0.106. The Bertz CT molecular complexity index is 8440. The summed E-state index contributed by atoms with van der Waals surface area (Å²) in [4.78, 5) is 6.93. The molecule has 22 aromatic carbocycles. The molecule has 0 N–H and O–H groups in total. The number of hydrogen-bond acceptors (Lipinski definition) is 3. The summed E-state index contributed by atoms with van der Waals surface area (Å²) < 4.78 is 0. The van der Waals surface area contributed by atoms with Gasteiger partial charge in [-0.05, 0) is 353 Å². The van der Waals surface area contributed by atoms with Gasteiger partial charge < -0.3 is 14.7 Å². The van der Waals surface area contributed by atoms with E-state index in [-0.39, 0.29) is 16.2 Å². The minimum atomic E-state index is -0.131. The van der Waals surface area contributed by atoms with Crippen molar-refractivity contribution in [2.45, 2.75) is 57.8 Å². The van der Waals surface area contributed by atoms with E-state index in [4.69, 9.17) is 34.8 Å². The van der Waals surface area contributed by atoms with Gasteiger partial charge in [0.15, 0.2) is 0 Å². The number of rotatable bonds is 15. The molecule has 139 heavy (non-hydrogen) atoms. The van der Waals surface area contributed by atoms with E-state index in [2.05, 4.69) is 542 Å². The molecule has 3 nitrogen and oxygen atoms in total. The van der Waals surface area contributed by atoms with Gasteiger partial charge in [-0.2, -0.15) is 0 Å². The maximum Gasteiger partial charge on any atom is 0.0540 e. The molecule has 25 rings (SSSR count). The third-order valence-electron chi connectivity index (χ3n) is 28.7. The first-order valence-electron chi connectivity index (χ1n) is 47.8. The highest BCUT2D eigenvalue weighted by Gasteiger charge is 2.40. The molecule has 0 radical (unpaired) electrons. The van der Waals surface area contributed by atoms with Gasteiger partial charge in [0, 0.05) is 82.2 Å². The molecular weight excluding hydrogens is 1750 g/mol. The molecule has 3 aliphatic carbocycles. The van der Waals surface area contributed by atoms with Crippen LogP contribution in [0, 0.1) is 0 Å². The Morgan fingerprint density at radius 1 is 0.151 bits per heavy atom. The molecule has 6 heteroatoms. The first-order chi connectivity index (χ1) is 67.8. The topological polar surface area (TPSA) is 9.72 Å². The van der Waals surface area contributed by atoms with Gasteiger partial charge >= 0.3 is 0 Å². The molecule has 0 atom stereocenters. The van der Waals surface area contributed by atoms with Crippen molar-refractivity contribution in [2.75, 3.05) is 14.7 Å². The van der Waals surface area contributed by atoms with E-state index >= 15 is 0 Å². The highest BCUT2D eigenvalue weighted by atomic mass is 35.5. The maximum absolute atomic E-state index is 7.05. The van der Waals surface area contributed by atoms with Crippen LogP contribution >= 0.6 is 34.8 Å². The van der Waals surface area contributed by atoms with E-state index in [0.29, 0.717) is 15.1 Å². The molecule has 0 bridgehead atoms. The average Bonchev–Trinajstić information content (AvgIpc) is 1.66. The van der Waals surface area contributed by atoms with Crippen molar-refractivity contribution in [3.63, 3.8) is 0 Å². The smallest absolute Gasteiger partial charge is 0.0540 e. The van der Waals surface area contributed by atoms with Gasteiger partial charge in [-0.1, -0.05) is 380 Å². The van der Waals surface area contributed by atoms with E-state index < -0.39 is 0 Å². The lowest BCUT2D eigenvalue weighted by atomic mass is 9.81. The van der Waals surface area contributed by atoms with Crippen molar-refractivity contribution in [3.8, 4) is 100 Å². The Kier molecular flexibility index (Phi) is 22.6. The van der Waals surface area contributed by atoms with Gasteiger partial charge in [-0.25, -0.2) is 0 Å². The third kappa shape index (κ3) is 16.5. The van der Waals surface area contributed by atoms with Crippen LogP contribution in [0.5, 0.6) is 0 Å². The lowest BCUT2D eigenvalue weighted by molar-refractivity contribution is 0.661. The fourth-order valence-corrected chi connectivity index (χ4v) is 22.3. The Labute approximate surface area is 829 Å². The monoisotopic (exact) mass is 1840 g/mol. The van der Waals surface area contributed by atoms with E-state index in [9.17, 15) is 0 Å². The molecule has 0 saturated carbocycles. The largest absolute Gasteiger partial charge is 0.310 e. The van der Waals surface area contributed by atoms with E-state index in [0.717, 1.165) is 90.1 Å². The first-order valence-corrected chi connectivity index (χ1v) is 48.9. The van der Waals surface area contributed by atoms with Crippen molar-refractivity contribution in [3.05, 3.63) is 534 Å². The van der Waals surface area contributed by atoms with Crippen LogP contribution in [-0.2, 0) is 16.2 Å². The summed E-state index contributed by atoms with van der Waals surface area (Å²) >= 11 is 20.9. The van der Waals surface area contributed by atoms with Crippen LogP contribution in [0.1, 0.15) is 74.9 Å². The lowest BCUT2D eigenvalue weighted by Gasteiger charge is -2.28. The SMILES string of the molecule is CC1(C)c2cc(-c3cc(Cl)cc(N(c4ccccc4)c4cc(-c5ccccc5)cc(-c5ccccc5)c4)c3)ccc2-c2cc3ccccc3cc21.CC1(C)c2cc(-c3cc(Cl)cc(N(c4ccccc4)c4cccc(-c5ccccc5)c4)c3)ccc2-c2cc3ccccc3cc21.CC1(C)c2cc(-c3cc(Cl)cc(N(c4ccccc4)c4cccc5ccccc45)c3)ccc2-c2cc3ccccc3cc21. The Balaban J connectivity index is 0.000000117. The standard InChI is InChI=1S/C49H36ClN.C43H32ClN.C41H30ClN/c1-49(2)47-31-37(22-23-45(47)46-29-35-18-12-13-19-36(35)30-48(46)49)40-25-41(50)32-44(28-40)51(42-20-10-5-11-21-42)43-26-38(33-14-6-3-7-15-33)24-39(27-43)34-16-8-4-9-17-34;1-43(2)41-27-33(20-21-39(41)40-25-31-14-9-10-15-32(31)26-42(40)43)34-22-35(44)28-38(24-34)45(36-17-7-4-8-18-36)37-19-11-16-30(23-37)29-12-5-3-6-13-29;1-41(2)38-25-30(19-20-36(38)37-23-28-12-6-7-13-29(28)24-39(37)41)31-21-32(42)26-34(22-31)43(33-15-4-3-5-16-33)40-18-10-14-27-11-8-9-17-35(27)40/h3-32H,1-2H3;3-28H,1-2H3;3-26H,1-2H3. The Morgan fingerprint density at radius 2 is 0.396 bits per heavy atom.